The average molecular weight is 772 g/mol. The Morgan fingerprint density at radius 1 is 0.356 bits per heavy atom. The molecular formula is C57H41NS. The standard InChI is InChI=1S/C57H41NS/c1-57(2)51-22-11-9-20-48(51)49-33-32-46(37-52(49)57)58(45-19-13-18-43(36-45)39-16-7-4-8-17-39)44-30-28-41(29-31-44)47-34-35-54-56(50-21-10-12-23-53(50)59-54)55(47)42-26-24-40(25-27-42)38-14-5-3-6-15-38/h3-37H,1-2H3. The molecule has 0 fully saturated rings. The van der Waals surface area contributed by atoms with Crippen LogP contribution in [-0.2, 0) is 5.41 Å². The lowest BCUT2D eigenvalue weighted by Gasteiger charge is -2.28. The summed E-state index contributed by atoms with van der Waals surface area (Å²) in [5.74, 6) is 0. The second-order valence-corrected chi connectivity index (χ2v) is 17.2. The number of hydrogen-bond acceptors (Lipinski definition) is 2. The molecule has 0 radical (unpaired) electrons. The van der Waals surface area contributed by atoms with Gasteiger partial charge < -0.3 is 4.90 Å². The van der Waals surface area contributed by atoms with Crippen LogP contribution in [-0.4, -0.2) is 0 Å². The minimum absolute atomic E-state index is 0.108. The van der Waals surface area contributed by atoms with Crippen LogP contribution < -0.4 is 4.90 Å². The summed E-state index contributed by atoms with van der Waals surface area (Å²) in [5, 5.41) is 2.63. The van der Waals surface area contributed by atoms with Crippen LogP contribution in [0.3, 0.4) is 0 Å². The fourth-order valence-electron chi connectivity index (χ4n) is 9.34. The molecule has 1 aliphatic rings. The first-order chi connectivity index (χ1) is 29.0. The molecule has 1 aromatic heterocycles. The van der Waals surface area contributed by atoms with E-state index >= 15 is 0 Å². The topological polar surface area (TPSA) is 3.24 Å². The van der Waals surface area contributed by atoms with E-state index in [1.54, 1.807) is 0 Å². The normalized spacial score (nSPS) is 12.7. The summed E-state index contributed by atoms with van der Waals surface area (Å²) in [6.45, 7) is 4.72. The van der Waals surface area contributed by atoms with Crippen molar-refractivity contribution in [3.63, 3.8) is 0 Å². The summed E-state index contributed by atoms with van der Waals surface area (Å²) in [7, 11) is 0. The molecule has 59 heavy (non-hydrogen) atoms. The van der Waals surface area contributed by atoms with Crippen molar-refractivity contribution in [2.45, 2.75) is 19.3 Å². The van der Waals surface area contributed by atoms with Gasteiger partial charge in [-0.25, -0.2) is 0 Å². The maximum atomic E-state index is 2.42. The number of hydrogen-bond donors (Lipinski definition) is 0. The molecule has 2 heteroatoms. The highest BCUT2D eigenvalue weighted by Crippen LogP contribution is 2.51. The molecule has 0 amide bonds. The molecule has 1 aliphatic carbocycles. The Morgan fingerprint density at radius 2 is 0.915 bits per heavy atom. The van der Waals surface area contributed by atoms with E-state index in [9.17, 15) is 0 Å². The summed E-state index contributed by atoms with van der Waals surface area (Å²) in [6.07, 6.45) is 0. The van der Waals surface area contributed by atoms with Crippen molar-refractivity contribution in [2.75, 3.05) is 4.90 Å². The van der Waals surface area contributed by atoms with Crippen LogP contribution >= 0.6 is 11.3 Å². The second kappa shape index (κ2) is 14.1. The van der Waals surface area contributed by atoms with Crippen molar-refractivity contribution in [3.8, 4) is 55.6 Å². The van der Waals surface area contributed by atoms with E-state index in [1.165, 1.54) is 86.9 Å². The molecular weight excluding hydrogens is 731 g/mol. The number of fused-ring (bicyclic) bond motifs is 6. The highest BCUT2D eigenvalue weighted by molar-refractivity contribution is 7.26. The van der Waals surface area contributed by atoms with E-state index in [2.05, 4.69) is 231 Å². The first-order valence-electron chi connectivity index (χ1n) is 20.4. The molecule has 0 spiro atoms. The molecule has 0 aliphatic heterocycles. The molecule has 9 aromatic carbocycles. The smallest absolute Gasteiger partial charge is 0.0467 e. The number of thiophene rings is 1. The lowest BCUT2D eigenvalue weighted by molar-refractivity contribution is 0.660. The van der Waals surface area contributed by atoms with Crippen molar-refractivity contribution < 1.29 is 0 Å². The molecule has 0 saturated carbocycles. The second-order valence-electron chi connectivity index (χ2n) is 16.1. The van der Waals surface area contributed by atoms with Gasteiger partial charge in [-0.1, -0.05) is 178 Å². The SMILES string of the molecule is CC1(C)c2ccccc2-c2ccc(N(c3ccc(-c4ccc5sc6ccccc6c5c4-c4ccc(-c5ccccc5)cc4)cc3)c3cccc(-c4ccccc4)c3)cc21. The van der Waals surface area contributed by atoms with Crippen molar-refractivity contribution in [3.05, 3.63) is 223 Å². The molecule has 280 valence electrons. The summed E-state index contributed by atoms with van der Waals surface area (Å²) in [4.78, 5) is 2.42. The first-order valence-corrected chi connectivity index (χ1v) is 21.2. The van der Waals surface area contributed by atoms with Crippen molar-refractivity contribution in [1.82, 2.24) is 0 Å². The quantitative estimate of drug-likeness (QED) is 0.156. The van der Waals surface area contributed by atoms with Gasteiger partial charge >= 0.3 is 0 Å². The summed E-state index contributed by atoms with van der Waals surface area (Å²) < 4.78 is 2.62. The van der Waals surface area contributed by atoms with Gasteiger partial charge in [0.25, 0.3) is 0 Å². The summed E-state index contributed by atoms with van der Waals surface area (Å²) in [5.41, 5.74) is 18.4. The maximum absolute atomic E-state index is 2.42. The third-order valence-corrected chi connectivity index (χ3v) is 13.4. The summed E-state index contributed by atoms with van der Waals surface area (Å²) >= 11 is 1.87. The van der Waals surface area contributed by atoms with Gasteiger partial charge in [-0.3, -0.25) is 0 Å². The number of anilines is 3. The molecule has 0 atom stereocenters. The Kier molecular flexibility index (Phi) is 8.43. The van der Waals surface area contributed by atoms with Crippen LogP contribution in [0.25, 0.3) is 75.8 Å². The van der Waals surface area contributed by atoms with Crippen LogP contribution in [0.4, 0.5) is 17.1 Å². The van der Waals surface area contributed by atoms with Crippen LogP contribution in [0.15, 0.2) is 212 Å². The first kappa shape index (κ1) is 35.2. The highest BCUT2D eigenvalue weighted by Gasteiger charge is 2.35. The monoisotopic (exact) mass is 771 g/mol. The zero-order valence-electron chi connectivity index (χ0n) is 33.1. The van der Waals surface area contributed by atoms with E-state index in [-0.39, 0.29) is 5.41 Å². The Labute approximate surface area is 350 Å². The van der Waals surface area contributed by atoms with E-state index < -0.39 is 0 Å². The Balaban J connectivity index is 1.06. The predicted octanol–water partition coefficient (Wildman–Crippen LogP) is 16.5. The zero-order chi connectivity index (χ0) is 39.5. The Bertz CT molecular complexity index is 3160. The van der Waals surface area contributed by atoms with Gasteiger partial charge in [0.1, 0.15) is 0 Å². The molecule has 10 aromatic rings. The lowest BCUT2D eigenvalue weighted by atomic mass is 9.82. The van der Waals surface area contributed by atoms with Gasteiger partial charge in [-0.15, -0.1) is 11.3 Å². The Morgan fingerprint density at radius 3 is 1.69 bits per heavy atom. The lowest BCUT2D eigenvalue weighted by Crippen LogP contribution is -2.16. The Hall–Kier alpha value is -7.00. The molecule has 0 unspecified atom stereocenters. The van der Waals surface area contributed by atoms with Crippen molar-refractivity contribution in [1.29, 1.82) is 0 Å². The molecule has 1 heterocycles. The van der Waals surface area contributed by atoms with Gasteiger partial charge in [0, 0.05) is 42.6 Å². The fraction of sp³-hybridized carbons (Fsp3) is 0.0526. The van der Waals surface area contributed by atoms with Crippen LogP contribution in [0.1, 0.15) is 25.0 Å². The van der Waals surface area contributed by atoms with E-state index in [0.717, 1.165) is 17.1 Å². The number of nitrogens with zero attached hydrogens (tertiary/aromatic N) is 1. The summed E-state index contributed by atoms with van der Waals surface area (Å²) in [6, 6.07) is 78.1. The number of benzene rings is 9. The zero-order valence-corrected chi connectivity index (χ0v) is 33.9. The van der Waals surface area contributed by atoms with Gasteiger partial charge in [-0.05, 0) is 115 Å². The third-order valence-electron chi connectivity index (χ3n) is 12.3. The van der Waals surface area contributed by atoms with Crippen LogP contribution in [0.2, 0.25) is 0 Å². The molecule has 0 N–H and O–H groups in total. The van der Waals surface area contributed by atoms with Gasteiger partial charge in [0.05, 0.1) is 0 Å². The number of rotatable bonds is 7. The van der Waals surface area contributed by atoms with Crippen LogP contribution in [0.5, 0.6) is 0 Å². The average Bonchev–Trinajstić information content (AvgIpc) is 3.79. The molecule has 0 bridgehead atoms. The minimum atomic E-state index is -0.108. The largest absolute Gasteiger partial charge is 0.310 e. The van der Waals surface area contributed by atoms with Crippen LogP contribution in [0, 0.1) is 0 Å². The van der Waals surface area contributed by atoms with Crippen molar-refractivity contribution in [2.24, 2.45) is 0 Å². The predicted molar refractivity (Wildman–Crippen MR) is 253 cm³/mol. The van der Waals surface area contributed by atoms with E-state index in [1.807, 2.05) is 11.3 Å². The highest BCUT2D eigenvalue weighted by atomic mass is 32.1. The molecule has 1 nitrogen and oxygen atoms in total. The third kappa shape index (κ3) is 5.99. The molecule has 11 rings (SSSR count). The van der Waals surface area contributed by atoms with Gasteiger partial charge in [-0.2, -0.15) is 0 Å². The fourth-order valence-corrected chi connectivity index (χ4v) is 10.5. The molecule has 0 saturated heterocycles. The van der Waals surface area contributed by atoms with Crippen molar-refractivity contribution >= 4 is 48.6 Å². The van der Waals surface area contributed by atoms with E-state index in [0.29, 0.717) is 0 Å². The van der Waals surface area contributed by atoms with Gasteiger partial charge in [0.15, 0.2) is 0 Å². The minimum Gasteiger partial charge on any atom is -0.310 e. The van der Waals surface area contributed by atoms with E-state index in [4.69, 9.17) is 0 Å². The maximum Gasteiger partial charge on any atom is 0.0467 e. The van der Waals surface area contributed by atoms with Gasteiger partial charge in [0.2, 0.25) is 0 Å².